The zero-order valence-corrected chi connectivity index (χ0v) is 15.1. The summed E-state index contributed by atoms with van der Waals surface area (Å²) in [5.74, 6) is 2.17. The van der Waals surface area contributed by atoms with Crippen LogP contribution in [0.15, 0.2) is 77.3 Å². The van der Waals surface area contributed by atoms with E-state index >= 15 is 0 Å². The van der Waals surface area contributed by atoms with E-state index in [-0.39, 0.29) is 0 Å². The third-order valence-corrected chi connectivity index (χ3v) is 4.60. The van der Waals surface area contributed by atoms with E-state index in [9.17, 15) is 0 Å². The Labute approximate surface area is 155 Å². The minimum atomic E-state index is 0.701. The van der Waals surface area contributed by atoms with Gasteiger partial charge in [-0.3, -0.25) is 0 Å². The van der Waals surface area contributed by atoms with Crippen molar-refractivity contribution < 1.29 is 0 Å². The van der Waals surface area contributed by atoms with Crippen molar-refractivity contribution in [3.05, 3.63) is 83.1 Å². The number of benzene rings is 2. The molecule has 4 rings (SSSR count). The molecule has 0 radical (unpaired) electrons. The van der Waals surface area contributed by atoms with E-state index < -0.39 is 0 Å². The van der Waals surface area contributed by atoms with Gasteiger partial charge in [0.2, 0.25) is 0 Å². The van der Waals surface area contributed by atoms with Gasteiger partial charge in [0.25, 0.3) is 0 Å². The second-order valence-electron chi connectivity index (χ2n) is 5.84. The summed E-state index contributed by atoms with van der Waals surface area (Å²) in [4.78, 5) is 14.2. The highest BCUT2D eigenvalue weighted by atomic mass is 79.9. The molecule has 0 saturated heterocycles. The molecule has 1 aliphatic rings. The molecule has 0 atom stereocenters. The molecule has 0 fully saturated rings. The zero-order chi connectivity index (χ0) is 17.1. The molecule has 25 heavy (non-hydrogen) atoms. The van der Waals surface area contributed by atoms with Crippen molar-refractivity contribution in [2.24, 2.45) is 0 Å². The van der Waals surface area contributed by atoms with E-state index in [2.05, 4.69) is 34.2 Å². The first-order chi connectivity index (χ1) is 12.3. The van der Waals surface area contributed by atoms with Gasteiger partial charge in [0.05, 0.1) is 0 Å². The van der Waals surface area contributed by atoms with E-state index in [1.54, 1.807) is 0 Å². The molecule has 3 nitrogen and oxygen atoms in total. The van der Waals surface area contributed by atoms with Crippen LogP contribution in [0.5, 0.6) is 0 Å². The maximum atomic E-state index is 4.74. The van der Waals surface area contributed by atoms with E-state index in [1.807, 2.05) is 54.6 Å². The SMILES string of the molecule is Brc1ccc(-c2nc(C3=CC=CCC3)nc(-c3ccccc3)n2)cc1. The van der Waals surface area contributed by atoms with Crippen LogP contribution in [0.3, 0.4) is 0 Å². The molecule has 4 heteroatoms. The summed E-state index contributed by atoms with van der Waals surface area (Å²) < 4.78 is 1.04. The van der Waals surface area contributed by atoms with Gasteiger partial charge in [-0.2, -0.15) is 0 Å². The highest BCUT2D eigenvalue weighted by molar-refractivity contribution is 9.10. The van der Waals surface area contributed by atoms with Crippen LogP contribution >= 0.6 is 15.9 Å². The fraction of sp³-hybridized carbons (Fsp3) is 0.0952. The van der Waals surface area contributed by atoms with Gasteiger partial charge in [-0.1, -0.05) is 76.6 Å². The molecule has 0 amide bonds. The highest BCUT2D eigenvalue weighted by Crippen LogP contribution is 2.26. The number of halogens is 1. The molecule has 2 aromatic carbocycles. The largest absolute Gasteiger partial charge is 0.209 e. The normalized spacial score (nSPS) is 13.6. The average Bonchev–Trinajstić information content (AvgIpc) is 2.69. The topological polar surface area (TPSA) is 38.7 Å². The van der Waals surface area contributed by atoms with Crippen molar-refractivity contribution in [2.75, 3.05) is 0 Å². The van der Waals surface area contributed by atoms with E-state index in [1.165, 1.54) is 0 Å². The van der Waals surface area contributed by atoms with Crippen LogP contribution in [0.25, 0.3) is 28.3 Å². The molecule has 0 aliphatic heterocycles. The molecule has 3 aromatic rings. The third-order valence-electron chi connectivity index (χ3n) is 4.07. The van der Waals surface area contributed by atoms with Gasteiger partial charge >= 0.3 is 0 Å². The maximum absolute atomic E-state index is 4.74. The Balaban J connectivity index is 1.87. The minimum absolute atomic E-state index is 0.701. The molecule has 0 saturated carbocycles. The molecular formula is C21H16BrN3. The second-order valence-corrected chi connectivity index (χ2v) is 6.75. The quantitative estimate of drug-likeness (QED) is 0.576. The number of allylic oxidation sites excluding steroid dienone is 4. The van der Waals surface area contributed by atoms with Crippen LogP contribution in [0, 0.1) is 0 Å². The maximum Gasteiger partial charge on any atom is 0.164 e. The summed E-state index contributed by atoms with van der Waals surface area (Å²) in [6, 6.07) is 18.1. The number of rotatable bonds is 3. The van der Waals surface area contributed by atoms with Crippen LogP contribution in [0.1, 0.15) is 18.7 Å². The van der Waals surface area contributed by atoms with E-state index in [4.69, 9.17) is 15.0 Å². The predicted octanol–water partition coefficient (Wildman–Crippen LogP) is 5.70. The van der Waals surface area contributed by atoms with Gasteiger partial charge in [0.1, 0.15) is 0 Å². The lowest BCUT2D eigenvalue weighted by Gasteiger charge is -2.11. The van der Waals surface area contributed by atoms with Crippen molar-refractivity contribution in [1.82, 2.24) is 15.0 Å². The summed E-state index contributed by atoms with van der Waals surface area (Å²) in [6.07, 6.45) is 8.31. The molecule has 0 spiro atoms. The van der Waals surface area contributed by atoms with Gasteiger partial charge in [0, 0.05) is 15.6 Å². The lowest BCUT2D eigenvalue weighted by Crippen LogP contribution is -2.03. The van der Waals surface area contributed by atoms with Crippen molar-refractivity contribution in [3.8, 4) is 22.8 Å². The standard InChI is InChI=1S/C21H16BrN3/c22-18-13-11-17(12-14-18)21-24-19(15-7-3-1-4-8-15)23-20(25-21)16-9-5-2-6-10-16/h1-5,7-9,11-14H,6,10H2. The molecule has 0 bridgehead atoms. The molecule has 1 aliphatic carbocycles. The number of nitrogens with zero attached hydrogens (tertiary/aromatic N) is 3. The first-order valence-electron chi connectivity index (χ1n) is 8.23. The van der Waals surface area contributed by atoms with Gasteiger partial charge in [-0.05, 0) is 30.5 Å². The second kappa shape index (κ2) is 7.11. The number of hydrogen-bond donors (Lipinski definition) is 0. The molecule has 0 unspecified atom stereocenters. The van der Waals surface area contributed by atoms with Crippen LogP contribution in [0.4, 0.5) is 0 Å². The van der Waals surface area contributed by atoms with Gasteiger partial charge in [-0.15, -0.1) is 0 Å². The highest BCUT2D eigenvalue weighted by Gasteiger charge is 2.13. The lowest BCUT2D eigenvalue weighted by molar-refractivity contribution is 0.978. The van der Waals surface area contributed by atoms with Gasteiger partial charge in [-0.25, -0.2) is 15.0 Å². The lowest BCUT2D eigenvalue weighted by atomic mass is 10.0. The Morgan fingerprint density at radius 1 is 0.720 bits per heavy atom. The summed E-state index contributed by atoms with van der Waals surface area (Å²) in [6.45, 7) is 0. The van der Waals surface area contributed by atoms with Crippen LogP contribution in [-0.2, 0) is 0 Å². The van der Waals surface area contributed by atoms with Crippen molar-refractivity contribution >= 4 is 21.5 Å². The minimum Gasteiger partial charge on any atom is -0.209 e. The molecule has 122 valence electrons. The van der Waals surface area contributed by atoms with Crippen molar-refractivity contribution in [2.45, 2.75) is 12.8 Å². The molecule has 1 aromatic heterocycles. The molecule has 0 N–H and O–H groups in total. The third kappa shape index (κ3) is 3.59. The van der Waals surface area contributed by atoms with Gasteiger partial charge in [0.15, 0.2) is 17.5 Å². The first kappa shape index (κ1) is 15.9. The van der Waals surface area contributed by atoms with Crippen LogP contribution in [-0.4, -0.2) is 15.0 Å². The fourth-order valence-corrected chi connectivity index (χ4v) is 3.02. The van der Waals surface area contributed by atoms with Crippen LogP contribution < -0.4 is 0 Å². The number of hydrogen-bond acceptors (Lipinski definition) is 3. The molecule has 1 heterocycles. The van der Waals surface area contributed by atoms with Gasteiger partial charge < -0.3 is 0 Å². The summed E-state index contributed by atoms with van der Waals surface area (Å²) >= 11 is 3.48. The monoisotopic (exact) mass is 389 g/mol. The fourth-order valence-electron chi connectivity index (χ4n) is 2.75. The Kier molecular flexibility index (Phi) is 4.53. The number of aromatic nitrogens is 3. The summed E-state index contributed by atoms with van der Waals surface area (Å²) in [5.41, 5.74) is 3.13. The Morgan fingerprint density at radius 3 is 2.00 bits per heavy atom. The summed E-state index contributed by atoms with van der Waals surface area (Å²) in [7, 11) is 0. The molecular weight excluding hydrogens is 374 g/mol. The summed E-state index contributed by atoms with van der Waals surface area (Å²) in [5, 5.41) is 0. The Morgan fingerprint density at radius 2 is 1.36 bits per heavy atom. The van der Waals surface area contributed by atoms with Crippen molar-refractivity contribution in [3.63, 3.8) is 0 Å². The van der Waals surface area contributed by atoms with E-state index in [0.29, 0.717) is 11.6 Å². The van der Waals surface area contributed by atoms with E-state index in [0.717, 1.165) is 39.8 Å². The smallest absolute Gasteiger partial charge is 0.164 e. The zero-order valence-electron chi connectivity index (χ0n) is 13.6. The predicted molar refractivity (Wildman–Crippen MR) is 105 cm³/mol. The Bertz CT molecular complexity index is 945. The average molecular weight is 390 g/mol. The Hall–Kier alpha value is -2.59. The van der Waals surface area contributed by atoms with Crippen LogP contribution in [0.2, 0.25) is 0 Å². The first-order valence-corrected chi connectivity index (χ1v) is 9.02. The van der Waals surface area contributed by atoms with Crippen molar-refractivity contribution in [1.29, 1.82) is 0 Å².